The zero-order valence-electron chi connectivity index (χ0n) is 13.0. The van der Waals surface area contributed by atoms with Gasteiger partial charge in [0.05, 0.1) is 18.0 Å². The molecular weight excluding hydrogens is 371 g/mol. The van der Waals surface area contributed by atoms with Crippen LogP contribution in [0, 0.1) is 17.1 Å². The van der Waals surface area contributed by atoms with E-state index in [0.29, 0.717) is 16.6 Å². The summed E-state index contributed by atoms with van der Waals surface area (Å²) in [5.74, 6) is -1.06. The summed E-state index contributed by atoms with van der Waals surface area (Å²) in [4.78, 5) is 14.6. The number of carbonyl (C=O) groups is 1. The summed E-state index contributed by atoms with van der Waals surface area (Å²) in [6.07, 6.45) is 1.62. The van der Waals surface area contributed by atoms with Crippen LogP contribution in [0.15, 0.2) is 53.0 Å². The van der Waals surface area contributed by atoms with Gasteiger partial charge in [0.1, 0.15) is 5.82 Å². The SMILES string of the molecule is N#C[C@H](c1ccccc1)[C@@H]1CCCN1C(=O)c1cc(F)cc(Br)c1. The van der Waals surface area contributed by atoms with Crippen molar-refractivity contribution >= 4 is 21.8 Å². The fourth-order valence-electron chi connectivity index (χ4n) is 3.28. The number of carbonyl (C=O) groups excluding carboxylic acids is 1. The van der Waals surface area contributed by atoms with Crippen molar-refractivity contribution in [3.05, 3.63) is 69.9 Å². The minimum absolute atomic E-state index is 0.188. The van der Waals surface area contributed by atoms with E-state index in [9.17, 15) is 14.4 Å². The fraction of sp³-hybridized carbons (Fsp3) is 0.263. The van der Waals surface area contributed by atoms with Crippen LogP contribution < -0.4 is 0 Å². The van der Waals surface area contributed by atoms with Gasteiger partial charge in [0, 0.05) is 16.6 Å². The van der Waals surface area contributed by atoms with Crippen LogP contribution in [0.25, 0.3) is 0 Å². The largest absolute Gasteiger partial charge is 0.334 e. The van der Waals surface area contributed by atoms with E-state index in [2.05, 4.69) is 22.0 Å². The van der Waals surface area contributed by atoms with Gasteiger partial charge >= 0.3 is 0 Å². The number of amides is 1. The normalized spacial score (nSPS) is 18.2. The molecule has 1 heterocycles. The van der Waals surface area contributed by atoms with Crippen LogP contribution in [0.1, 0.15) is 34.7 Å². The molecule has 1 saturated heterocycles. The Morgan fingerprint density at radius 1 is 1.29 bits per heavy atom. The second-order valence-electron chi connectivity index (χ2n) is 5.88. The number of nitriles is 1. The van der Waals surface area contributed by atoms with Gasteiger partial charge in [-0.3, -0.25) is 4.79 Å². The van der Waals surface area contributed by atoms with Crippen molar-refractivity contribution in [3.8, 4) is 6.07 Å². The van der Waals surface area contributed by atoms with E-state index in [4.69, 9.17) is 0 Å². The lowest BCUT2D eigenvalue weighted by molar-refractivity contribution is 0.0727. The number of halogens is 2. The average molecular weight is 387 g/mol. The topological polar surface area (TPSA) is 44.1 Å². The maximum atomic E-state index is 13.6. The van der Waals surface area contributed by atoms with Crippen LogP contribution in [-0.4, -0.2) is 23.4 Å². The highest BCUT2D eigenvalue weighted by atomic mass is 79.9. The van der Waals surface area contributed by atoms with E-state index >= 15 is 0 Å². The number of hydrogen-bond acceptors (Lipinski definition) is 2. The molecule has 0 bridgehead atoms. The van der Waals surface area contributed by atoms with Crippen LogP contribution in [0.3, 0.4) is 0 Å². The molecule has 1 aliphatic rings. The molecule has 3 nitrogen and oxygen atoms in total. The minimum atomic E-state index is -0.455. The van der Waals surface area contributed by atoms with Crippen molar-refractivity contribution in [3.63, 3.8) is 0 Å². The van der Waals surface area contributed by atoms with Gasteiger partial charge in [0.25, 0.3) is 5.91 Å². The Bertz CT molecular complexity index is 767. The molecule has 1 aliphatic heterocycles. The molecule has 0 saturated carbocycles. The zero-order chi connectivity index (χ0) is 17.1. The number of likely N-dealkylation sites (tertiary alicyclic amines) is 1. The Labute approximate surface area is 148 Å². The summed E-state index contributed by atoms with van der Waals surface area (Å²) in [6, 6.07) is 15.8. The van der Waals surface area contributed by atoms with E-state index in [0.717, 1.165) is 18.4 Å². The third kappa shape index (κ3) is 3.34. The molecule has 2 aromatic carbocycles. The maximum absolute atomic E-state index is 13.6. The van der Waals surface area contributed by atoms with Crippen LogP contribution in [0.5, 0.6) is 0 Å². The second-order valence-corrected chi connectivity index (χ2v) is 6.80. The Morgan fingerprint density at radius 3 is 2.71 bits per heavy atom. The van der Waals surface area contributed by atoms with Crippen LogP contribution >= 0.6 is 15.9 Å². The first kappa shape index (κ1) is 16.7. The van der Waals surface area contributed by atoms with E-state index < -0.39 is 5.82 Å². The lowest BCUT2D eigenvalue weighted by Gasteiger charge is -2.28. The van der Waals surface area contributed by atoms with Gasteiger partial charge in [-0.2, -0.15) is 5.26 Å². The third-order valence-corrected chi connectivity index (χ3v) is 4.81. The van der Waals surface area contributed by atoms with Crippen molar-refractivity contribution in [1.82, 2.24) is 4.90 Å². The Balaban J connectivity index is 1.90. The fourth-order valence-corrected chi connectivity index (χ4v) is 3.74. The third-order valence-electron chi connectivity index (χ3n) is 4.35. The lowest BCUT2D eigenvalue weighted by Crippen LogP contribution is -2.39. The monoisotopic (exact) mass is 386 g/mol. The first-order valence-electron chi connectivity index (χ1n) is 7.82. The van der Waals surface area contributed by atoms with Gasteiger partial charge in [-0.05, 0) is 36.6 Å². The van der Waals surface area contributed by atoms with Crippen molar-refractivity contribution < 1.29 is 9.18 Å². The quantitative estimate of drug-likeness (QED) is 0.779. The van der Waals surface area contributed by atoms with E-state index in [-0.39, 0.29) is 17.9 Å². The van der Waals surface area contributed by atoms with Crippen molar-refractivity contribution in [2.75, 3.05) is 6.54 Å². The molecule has 0 radical (unpaired) electrons. The summed E-state index contributed by atoms with van der Waals surface area (Å²) in [5, 5.41) is 9.64. The van der Waals surface area contributed by atoms with Gasteiger partial charge in [0.15, 0.2) is 0 Å². The molecule has 0 N–H and O–H groups in total. The Kier molecular flexibility index (Phi) is 4.96. The molecule has 2 atom stereocenters. The highest BCUT2D eigenvalue weighted by molar-refractivity contribution is 9.10. The minimum Gasteiger partial charge on any atom is -0.334 e. The predicted molar refractivity (Wildman–Crippen MR) is 93.0 cm³/mol. The Morgan fingerprint density at radius 2 is 2.04 bits per heavy atom. The molecule has 0 aliphatic carbocycles. The number of nitrogens with zero attached hydrogens (tertiary/aromatic N) is 2. The Hall–Kier alpha value is -2.19. The molecule has 0 spiro atoms. The molecular formula is C19H16BrFN2O. The van der Waals surface area contributed by atoms with Crippen molar-refractivity contribution in [2.24, 2.45) is 0 Å². The summed E-state index contributed by atoms with van der Waals surface area (Å²) >= 11 is 3.22. The molecule has 1 fully saturated rings. The molecule has 5 heteroatoms. The smallest absolute Gasteiger partial charge is 0.254 e. The van der Waals surface area contributed by atoms with Crippen molar-refractivity contribution in [2.45, 2.75) is 24.8 Å². The highest BCUT2D eigenvalue weighted by Gasteiger charge is 2.36. The number of benzene rings is 2. The van der Waals surface area contributed by atoms with Gasteiger partial charge in [0.2, 0.25) is 0 Å². The maximum Gasteiger partial charge on any atom is 0.254 e. The highest BCUT2D eigenvalue weighted by Crippen LogP contribution is 2.32. The summed E-state index contributed by atoms with van der Waals surface area (Å²) in [7, 11) is 0. The number of hydrogen-bond donors (Lipinski definition) is 0. The first-order chi connectivity index (χ1) is 11.6. The summed E-state index contributed by atoms with van der Waals surface area (Å²) in [6.45, 7) is 0.586. The molecule has 2 aromatic rings. The lowest BCUT2D eigenvalue weighted by atomic mass is 9.91. The molecule has 24 heavy (non-hydrogen) atoms. The standard InChI is InChI=1S/C19H16BrFN2O/c20-15-9-14(10-16(21)11-15)19(24)23-8-4-7-18(23)17(12-22)13-5-2-1-3-6-13/h1-3,5-6,9-11,17-18H,4,7-8H2/t17-,18+/m1/s1. The van der Waals surface area contributed by atoms with E-state index in [1.165, 1.54) is 12.1 Å². The molecule has 0 aromatic heterocycles. The summed E-state index contributed by atoms with van der Waals surface area (Å²) < 4.78 is 14.1. The van der Waals surface area contributed by atoms with Gasteiger partial charge in [-0.25, -0.2) is 4.39 Å². The van der Waals surface area contributed by atoms with Gasteiger partial charge in [-0.15, -0.1) is 0 Å². The van der Waals surface area contributed by atoms with Crippen molar-refractivity contribution in [1.29, 1.82) is 5.26 Å². The van der Waals surface area contributed by atoms with Gasteiger partial charge in [-0.1, -0.05) is 46.3 Å². The predicted octanol–water partition coefficient (Wildman–Crippen LogP) is 4.50. The zero-order valence-corrected chi connectivity index (χ0v) is 14.5. The van der Waals surface area contributed by atoms with Crippen LogP contribution in [0.4, 0.5) is 4.39 Å². The van der Waals surface area contributed by atoms with E-state index in [1.807, 2.05) is 30.3 Å². The molecule has 1 amide bonds. The number of rotatable bonds is 3. The van der Waals surface area contributed by atoms with Crippen LogP contribution in [0.2, 0.25) is 0 Å². The molecule has 0 unspecified atom stereocenters. The van der Waals surface area contributed by atoms with Crippen LogP contribution in [-0.2, 0) is 0 Å². The van der Waals surface area contributed by atoms with E-state index in [1.54, 1.807) is 11.0 Å². The first-order valence-corrected chi connectivity index (χ1v) is 8.61. The molecule has 3 rings (SSSR count). The average Bonchev–Trinajstić information content (AvgIpc) is 3.04. The second kappa shape index (κ2) is 7.14. The van der Waals surface area contributed by atoms with Gasteiger partial charge < -0.3 is 4.90 Å². The molecule has 122 valence electrons. The summed E-state index contributed by atoms with van der Waals surface area (Å²) in [5.41, 5.74) is 1.21.